The van der Waals surface area contributed by atoms with E-state index < -0.39 is 17.5 Å². The van der Waals surface area contributed by atoms with Gasteiger partial charge in [-0.15, -0.1) is 0 Å². The molecule has 0 radical (unpaired) electrons. The SMILES string of the molecule is O=C(CCNC(=O)c1ccc(F)cc1F)NCc1ccc(-c2ccc(Br)cc2)o1. The zero-order valence-electron chi connectivity index (χ0n) is 15.2. The lowest BCUT2D eigenvalue weighted by Crippen LogP contribution is -2.30. The van der Waals surface area contributed by atoms with Crippen molar-refractivity contribution < 1.29 is 22.8 Å². The summed E-state index contributed by atoms with van der Waals surface area (Å²) in [6.07, 6.45) is 0.00876. The van der Waals surface area contributed by atoms with Crippen LogP contribution in [0.5, 0.6) is 0 Å². The minimum Gasteiger partial charge on any atom is -0.459 e. The number of carbonyl (C=O) groups excluding carboxylic acids is 2. The number of hydrogen-bond donors (Lipinski definition) is 2. The Kier molecular flexibility index (Phi) is 6.77. The number of rotatable bonds is 7. The number of carbonyl (C=O) groups is 2. The highest BCUT2D eigenvalue weighted by atomic mass is 79.9. The predicted molar refractivity (Wildman–Crippen MR) is 107 cm³/mol. The normalized spacial score (nSPS) is 10.6. The van der Waals surface area contributed by atoms with E-state index in [1.807, 2.05) is 30.3 Å². The first-order valence-electron chi connectivity index (χ1n) is 8.77. The van der Waals surface area contributed by atoms with Crippen LogP contribution in [0.4, 0.5) is 8.78 Å². The van der Waals surface area contributed by atoms with Gasteiger partial charge in [-0.2, -0.15) is 0 Å². The molecule has 0 aliphatic carbocycles. The van der Waals surface area contributed by atoms with Crippen molar-refractivity contribution in [1.29, 1.82) is 0 Å². The first-order valence-corrected chi connectivity index (χ1v) is 9.56. The molecule has 0 saturated carbocycles. The quantitative estimate of drug-likeness (QED) is 0.545. The summed E-state index contributed by atoms with van der Waals surface area (Å²) in [4.78, 5) is 23.8. The zero-order chi connectivity index (χ0) is 20.8. The molecule has 1 aromatic heterocycles. The van der Waals surface area contributed by atoms with Crippen LogP contribution >= 0.6 is 15.9 Å². The van der Waals surface area contributed by atoms with Crippen LogP contribution in [-0.4, -0.2) is 18.4 Å². The molecule has 2 aromatic carbocycles. The van der Waals surface area contributed by atoms with E-state index in [0.29, 0.717) is 17.6 Å². The van der Waals surface area contributed by atoms with E-state index in [1.54, 1.807) is 6.07 Å². The number of nitrogens with one attached hydrogen (secondary N) is 2. The third-order valence-corrected chi connectivity index (χ3v) is 4.59. The van der Waals surface area contributed by atoms with Gasteiger partial charge in [-0.1, -0.05) is 28.1 Å². The van der Waals surface area contributed by atoms with Crippen LogP contribution in [0.2, 0.25) is 0 Å². The molecule has 2 amide bonds. The first kappa shape index (κ1) is 20.7. The molecule has 0 unspecified atom stereocenters. The fraction of sp³-hybridized carbons (Fsp3) is 0.143. The highest BCUT2D eigenvalue weighted by molar-refractivity contribution is 9.10. The monoisotopic (exact) mass is 462 g/mol. The van der Waals surface area contributed by atoms with E-state index in [2.05, 4.69) is 26.6 Å². The van der Waals surface area contributed by atoms with Crippen LogP contribution in [0.25, 0.3) is 11.3 Å². The van der Waals surface area contributed by atoms with Crippen LogP contribution in [0.1, 0.15) is 22.5 Å². The summed E-state index contributed by atoms with van der Waals surface area (Å²) in [5.41, 5.74) is 0.643. The topological polar surface area (TPSA) is 71.3 Å². The van der Waals surface area contributed by atoms with Crippen molar-refractivity contribution in [3.63, 3.8) is 0 Å². The van der Waals surface area contributed by atoms with Gasteiger partial charge in [0.25, 0.3) is 5.91 Å². The van der Waals surface area contributed by atoms with Gasteiger partial charge in [0.2, 0.25) is 5.91 Å². The van der Waals surface area contributed by atoms with Crippen molar-refractivity contribution >= 4 is 27.7 Å². The molecule has 0 atom stereocenters. The summed E-state index contributed by atoms with van der Waals surface area (Å²) in [5, 5.41) is 5.12. The molecule has 3 rings (SSSR count). The zero-order valence-corrected chi connectivity index (χ0v) is 16.8. The summed E-state index contributed by atoms with van der Waals surface area (Å²) in [5.74, 6) is -1.44. The fourth-order valence-corrected chi connectivity index (χ4v) is 2.84. The second-order valence-corrected chi connectivity index (χ2v) is 7.10. The number of hydrogen-bond acceptors (Lipinski definition) is 3. The predicted octanol–water partition coefficient (Wildman–Crippen LogP) is 4.42. The molecule has 1 heterocycles. The van der Waals surface area contributed by atoms with E-state index >= 15 is 0 Å². The molecule has 150 valence electrons. The maximum Gasteiger partial charge on any atom is 0.254 e. The van der Waals surface area contributed by atoms with Crippen LogP contribution < -0.4 is 10.6 Å². The summed E-state index contributed by atoms with van der Waals surface area (Å²) in [7, 11) is 0. The third-order valence-electron chi connectivity index (χ3n) is 4.06. The second kappa shape index (κ2) is 9.47. The minimum absolute atomic E-state index is 0.00876. The Morgan fingerprint density at radius 2 is 1.72 bits per heavy atom. The minimum atomic E-state index is -0.952. The third kappa shape index (κ3) is 5.74. The van der Waals surface area contributed by atoms with Crippen molar-refractivity contribution in [3.8, 4) is 11.3 Å². The molecule has 0 saturated heterocycles. The standard InChI is InChI=1S/C21H17BrF2N2O3/c22-14-3-1-13(2-4-14)19-8-6-16(29-19)12-26-20(27)9-10-25-21(28)17-7-5-15(23)11-18(17)24/h1-8,11H,9-10,12H2,(H,25,28)(H,26,27). The molecule has 0 aliphatic rings. The summed E-state index contributed by atoms with van der Waals surface area (Å²) in [6.45, 7) is 0.222. The number of furan rings is 1. The lowest BCUT2D eigenvalue weighted by molar-refractivity contribution is -0.121. The highest BCUT2D eigenvalue weighted by Crippen LogP contribution is 2.23. The summed E-state index contributed by atoms with van der Waals surface area (Å²) in [6, 6.07) is 13.9. The van der Waals surface area contributed by atoms with Crippen LogP contribution in [0, 0.1) is 11.6 Å². The molecule has 5 nitrogen and oxygen atoms in total. The van der Waals surface area contributed by atoms with Gasteiger partial charge in [0.15, 0.2) is 0 Å². The van der Waals surface area contributed by atoms with Gasteiger partial charge in [0, 0.05) is 29.1 Å². The molecule has 0 fully saturated rings. The van der Waals surface area contributed by atoms with Gasteiger partial charge < -0.3 is 15.1 Å². The average Bonchev–Trinajstić information content (AvgIpc) is 3.16. The number of amides is 2. The summed E-state index contributed by atoms with van der Waals surface area (Å²) < 4.78 is 33.1. The summed E-state index contributed by atoms with van der Waals surface area (Å²) >= 11 is 3.38. The lowest BCUT2D eigenvalue weighted by Gasteiger charge is -2.07. The maximum atomic E-state index is 13.5. The molecular weight excluding hydrogens is 446 g/mol. The molecular formula is C21H17BrF2N2O3. The van der Waals surface area contributed by atoms with Gasteiger partial charge in [-0.25, -0.2) is 8.78 Å². The largest absolute Gasteiger partial charge is 0.459 e. The molecule has 3 aromatic rings. The van der Waals surface area contributed by atoms with Gasteiger partial charge in [0.1, 0.15) is 23.2 Å². The molecule has 0 aliphatic heterocycles. The van der Waals surface area contributed by atoms with Crippen molar-refractivity contribution in [1.82, 2.24) is 10.6 Å². The Morgan fingerprint density at radius 3 is 2.45 bits per heavy atom. The van der Waals surface area contributed by atoms with Crippen molar-refractivity contribution in [2.24, 2.45) is 0 Å². The van der Waals surface area contributed by atoms with E-state index in [1.165, 1.54) is 0 Å². The number of benzene rings is 2. The fourth-order valence-electron chi connectivity index (χ4n) is 2.57. The van der Waals surface area contributed by atoms with Gasteiger partial charge >= 0.3 is 0 Å². The Morgan fingerprint density at radius 1 is 0.966 bits per heavy atom. The van der Waals surface area contributed by atoms with Crippen LogP contribution in [0.3, 0.4) is 0 Å². The maximum absolute atomic E-state index is 13.5. The smallest absolute Gasteiger partial charge is 0.254 e. The molecule has 8 heteroatoms. The van der Waals surface area contributed by atoms with Crippen molar-refractivity contribution in [2.45, 2.75) is 13.0 Å². The van der Waals surface area contributed by atoms with Crippen LogP contribution in [0.15, 0.2) is 63.5 Å². The van der Waals surface area contributed by atoms with Crippen molar-refractivity contribution in [3.05, 3.63) is 82.0 Å². The average molecular weight is 463 g/mol. The molecule has 0 spiro atoms. The first-order chi connectivity index (χ1) is 13.9. The van der Waals surface area contributed by atoms with E-state index in [-0.39, 0.29) is 31.0 Å². The lowest BCUT2D eigenvalue weighted by atomic mass is 10.2. The van der Waals surface area contributed by atoms with Gasteiger partial charge in [0.05, 0.1) is 12.1 Å². The Balaban J connectivity index is 1.43. The Labute approximate surface area is 174 Å². The van der Waals surface area contributed by atoms with Crippen molar-refractivity contribution in [2.75, 3.05) is 6.54 Å². The Bertz CT molecular complexity index is 1020. The van der Waals surface area contributed by atoms with E-state index in [0.717, 1.165) is 22.2 Å². The van der Waals surface area contributed by atoms with Gasteiger partial charge in [-0.05, 0) is 36.4 Å². The van der Waals surface area contributed by atoms with E-state index in [4.69, 9.17) is 4.42 Å². The van der Waals surface area contributed by atoms with Crippen LogP contribution in [-0.2, 0) is 11.3 Å². The van der Waals surface area contributed by atoms with E-state index in [9.17, 15) is 18.4 Å². The second-order valence-electron chi connectivity index (χ2n) is 6.18. The highest BCUT2D eigenvalue weighted by Gasteiger charge is 2.13. The van der Waals surface area contributed by atoms with Gasteiger partial charge in [-0.3, -0.25) is 9.59 Å². The number of halogens is 3. The Hall–Kier alpha value is -3.00. The molecule has 2 N–H and O–H groups in total. The molecule has 29 heavy (non-hydrogen) atoms. The molecule has 0 bridgehead atoms.